The monoisotopic (exact) mass is 276 g/mol. The van der Waals surface area contributed by atoms with Crippen LogP contribution in [0.25, 0.3) is 0 Å². The van der Waals surface area contributed by atoms with E-state index in [0.29, 0.717) is 6.04 Å². The highest BCUT2D eigenvalue weighted by molar-refractivity contribution is 5.26. The van der Waals surface area contributed by atoms with Gasteiger partial charge in [-0.15, -0.1) is 0 Å². The van der Waals surface area contributed by atoms with Crippen molar-refractivity contribution in [1.82, 2.24) is 4.90 Å². The average Bonchev–Trinajstić information content (AvgIpc) is 2.41. The van der Waals surface area contributed by atoms with Crippen molar-refractivity contribution in [3.8, 4) is 0 Å². The summed E-state index contributed by atoms with van der Waals surface area (Å²) in [6.45, 7) is 5.58. The molecule has 3 unspecified atom stereocenters. The van der Waals surface area contributed by atoms with E-state index in [2.05, 4.69) is 43.0 Å². The number of aliphatic hydroxyl groups is 1. The highest BCUT2D eigenvalue weighted by atomic mass is 16.3. The maximum atomic E-state index is 9.31. The number of likely N-dealkylation sites (tertiary alicyclic amines) is 1. The molecule has 3 nitrogen and oxygen atoms in total. The Morgan fingerprint density at radius 2 is 2.20 bits per heavy atom. The number of nitrogens with zero attached hydrogens (tertiary/aromatic N) is 1. The smallest absolute Gasteiger partial charge is 0.0499 e. The fraction of sp³-hybridized carbons (Fsp3) is 0.647. The molecule has 1 saturated heterocycles. The van der Waals surface area contributed by atoms with Crippen LogP contribution >= 0.6 is 0 Å². The largest absolute Gasteiger partial charge is 0.396 e. The van der Waals surface area contributed by atoms with Gasteiger partial charge in [0, 0.05) is 24.7 Å². The second-order valence-electron chi connectivity index (χ2n) is 6.12. The van der Waals surface area contributed by atoms with Crippen LogP contribution < -0.4 is 5.73 Å². The third-order valence-corrected chi connectivity index (χ3v) is 4.37. The molecule has 20 heavy (non-hydrogen) atoms. The Balaban J connectivity index is 2.26. The van der Waals surface area contributed by atoms with Crippen LogP contribution in [0.2, 0.25) is 0 Å². The van der Waals surface area contributed by atoms with Gasteiger partial charge in [0.25, 0.3) is 0 Å². The molecule has 0 radical (unpaired) electrons. The Labute approximate surface area is 122 Å². The number of piperidine rings is 1. The van der Waals surface area contributed by atoms with Gasteiger partial charge >= 0.3 is 0 Å². The molecule has 0 bridgehead atoms. The summed E-state index contributed by atoms with van der Waals surface area (Å²) in [5.74, 6) is 0. The van der Waals surface area contributed by atoms with Gasteiger partial charge in [-0.05, 0) is 45.2 Å². The number of benzene rings is 1. The summed E-state index contributed by atoms with van der Waals surface area (Å²) in [4.78, 5) is 2.53. The number of hydrogen-bond donors (Lipinski definition) is 2. The first kappa shape index (κ1) is 15.5. The van der Waals surface area contributed by atoms with Crippen molar-refractivity contribution in [2.75, 3.05) is 13.2 Å². The fourth-order valence-electron chi connectivity index (χ4n) is 3.50. The molecule has 112 valence electrons. The molecule has 0 aromatic heterocycles. The lowest BCUT2D eigenvalue weighted by atomic mass is 9.91. The number of rotatable bonds is 5. The summed E-state index contributed by atoms with van der Waals surface area (Å²) < 4.78 is 0. The Bertz CT molecular complexity index is 417. The van der Waals surface area contributed by atoms with Gasteiger partial charge in [0.15, 0.2) is 0 Å². The van der Waals surface area contributed by atoms with Crippen molar-refractivity contribution in [3.05, 3.63) is 35.4 Å². The molecule has 0 aliphatic carbocycles. The zero-order chi connectivity index (χ0) is 14.5. The van der Waals surface area contributed by atoms with E-state index in [4.69, 9.17) is 5.73 Å². The second-order valence-corrected chi connectivity index (χ2v) is 6.12. The molecule has 0 spiro atoms. The van der Waals surface area contributed by atoms with Crippen molar-refractivity contribution in [3.63, 3.8) is 0 Å². The Morgan fingerprint density at radius 3 is 2.85 bits per heavy atom. The van der Waals surface area contributed by atoms with Crippen LogP contribution in [-0.2, 0) is 0 Å². The van der Waals surface area contributed by atoms with Gasteiger partial charge in [0.1, 0.15) is 0 Å². The van der Waals surface area contributed by atoms with Crippen LogP contribution in [0.5, 0.6) is 0 Å². The van der Waals surface area contributed by atoms with Gasteiger partial charge in [-0.25, -0.2) is 0 Å². The molecule has 1 aliphatic heterocycles. The molecule has 1 fully saturated rings. The summed E-state index contributed by atoms with van der Waals surface area (Å²) >= 11 is 0. The zero-order valence-electron chi connectivity index (χ0n) is 12.8. The SMILES string of the molecule is Cc1cccc(C(C(C)N)N2CCCCC2CCO)c1. The number of aliphatic hydroxyl groups excluding tert-OH is 1. The number of aryl methyl sites for hydroxylation is 1. The molecule has 1 heterocycles. The van der Waals surface area contributed by atoms with Crippen LogP contribution in [0.3, 0.4) is 0 Å². The molecule has 1 aromatic rings. The molecule has 1 aliphatic rings. The Kier molecular flexibility index (Phi) is 5.58. The van der Waals surface area contributed by atoms with Crippen molar-refractivity contribution in [2.45, 2.75) is 57.7 Å². The van der Waals surface area contributed by atoms with E-state index in [0.717, 1.165) is 13.0 Å². The molecule has 3 atom stereocenters. The summed E-state index contributed by atoms with van der Waals surface area (Å²) in [5, 5.41) is 9.31. The first-order valence-electron chi connectivity index (χ1n) is 7.82. The molecular formula is C17H28N2O. The third-order valence-electron chi connectivity index (χ3n) is 4.37. The molecule has 1 aromatic carbocycles. The van der Waals surface area contributed by atoms with Gasteiger partial charge < -0.3 is 10.8 Å². The Hall–Kier alpha value is -0.900. The minimum atomic E-state index is 0.0936. The minimum Gasteiger partial charge on any atom is -0.396 e. The normalized spacial score (nSPS) is 23.5. The van der Waals surface area contributed by atoms with E-state index < -0.39 is 0 Å². The van der Waals surface area contributed by atoms with Crippen molar-refractivity contribution in [1.29, 1.82) is 0 Å². The van der Waals surface area contributed by atoms with E-state index in [1.807, 2.05) is 0 Å². The predicted octanol–water partition coefficient (Wildman–Crippen LogP) is 2.62. The topological polar surface area (TPSA) is 49.5 Å². The van der Waals surface area contributed by atoms with E-state index in [1.54, 1.807) is 0 Å². The maximum absolute atomic E-state index is 9.31. The van der Waals surface area contributed by atoms with Crippen LogP contribution in [0.4, 0.5) is 0 Å². The van der Waals surface area contributed by atoms with E-state index >= 15 is 0 Å². The lowest BCUT2D eigenvalue weighted by molar-refractivity contribution is 0.0652. The third kappa shape index (κ3) is 3.60. The second kappa shape index (κ2) is 7.21. The lowest BCUT2D eigenvalue weighted by Gasteiger charge is -2.43. The summed E-state index contributed by atoms with van der Waals surface area (Å²) in [6.07, 6.45) is 4.53. The van der Waals surface area contributed by atoms with Crippen LogP contribution in [-0.4, -0.2) is 35.2 Å². The van der Waals surface area contributed by atoms with Crippen LogP contribution in [0.1, 0.15) is 49.8 Å². The minimum absolute atomic E-state index is 0.0936. The maximum Gasteiger partial charge on any atom is 0.0499 e. The first-order valence-corrected chi connectivity index (χ1v) is 7.82. The fourth-order valence-corrected chi connectivity index (χ4v) is 3.50. The first-order chi connectivity index (χ1) is 9.63. The summed E-state index contributed by atoms with van der Waals surface area (Å²) in [5.41, 5.74) is 8.90. The van der Waals surface area contributed by atoms with E-state index in [9.17, 15) is 5.11 Å². The molecule has 3 N–H and O–H groups in total. The molecule has 2 rings (SSSR count). The number of hydrogen-bond acceptors (Lipinski definition) is 3. The lowest BCUT2D eigenvalue weighted by Crippen LogP contribution is -2.48. The molecule has 0 amide bonds. The Morgan fingerprint density at radius 1 is 1.40 bits per heavy atom. The van der Waals surface area contributed by atoms with E-state index in [-0.39, 0.29) is 18.7 Å². The highest BCUT2D eigenvalue weighted by Gasteiger charge is 2.31. The van der Waals surface area contributed by atoms with Crippen LogP contribution in [0.15, 0.2) is 24.3 Å². The number of nitrogens with two attached hydrogens (primary N) is 1. The van der Waals surface area contributed by atoms with Gasteiger partial charge in [0.05, 0.1) is 0 Å². The quantitative estimate of drug-likeness (QED) is 0.869. The van der Waals surface area contributed by atoms with E-state index in [1.165, 1.54) is 30.4 Å². The van der Waals surface area contributed by atoms with Gasteiger partial charge in [-0.2, -0.15) is 0 Å². The van der Waals surface area contributed by atoms with Gasteiger partial charge in [0.2, 0.25) is 0 Å². The van der Waals surface area contributed by atoms with Gasteiger partial charge in [-0.1, -0.05) is 36.2 Å². The average molecular weight is 276 g/mol. The van der Waals surface area contributed by atoms with Crippen molar-refractivity contribution in [2.24, 2.45) is 5.73 Å². The summed E-state index contributed by atoms with van der Waals surface area (Å²) in [6, 6.07) is 9.49. The van der Waals surface area contributed by atoms with Gasteiger partial charge in [-0.3, -0.25) is 4.90 Å². The van der Waals surface area contributed by atoms with Crippen molar-refractivity contribution < 1.29 is 5.11 Å². The predicted molar refractivity (Wildman–Crippen MR) is 83.6 cm³/mol. The standard InChI is InChI=1S/C17H28N2O/c1-13-6-5-7-15(12-13)17(14(2)18)19-10-4-3-8-16(19)9-11-20/h5-7,12,14,16-17,20H,3-4,8-11,18H2,1-2H3. The molecule has 3 heteroatoms. The molecular weight excluding hydrogens is 248 g/mol. The molecule has 0 saturated carbocycles. The highest BCUT2D eigenvalue weighted by Crippen LogP contribution is 2.32. The van der Waals surface area contributed by atoms with Crippen molar-refractivity contribution >= 4 is 0 Å². The van der Waals surface area contributed by atoms with Crippen LogP contribution in [0, 0.1) is 6.92 Å². The zero-order valence-corrected chi connectivity index (χ0v) is 12.8. The summed E-state index contributed by atoms with van der Waals surface area (Å²) in [7, 11) is 0.